The van der Waals surface area contributed by atoms with Crippen molar-refractivity contribution in [2.24, 2.45) is 0 Å². The lowest BCUT2D eigenvalue weighted by molar-refractivity contribution is 0.0991. The Kier molecular flexibility index (Phi) is 7.18. The molecule has 0 spiro atoms. The van der Waals surface area contributed by atoms with Crippen LogP contribution in [-0.2, 0) is 21.2 Å². The summed E-state index contributed by atoms with van der Waals surface area (Å²) in [4.78, 5) is 29.3. The number of Topliss-reactive ketones (excluding diaryl/α,β-unsaturated/α-hetero) is 1. The molecule has 0 radical (unpaired) electrons. The lowest BCUT2D eigenvalue weighted by atomic mass is 10.0. The van der Waals surface area contributed by atoms with Gasteiger partial charge in [0, 0.05) is 35.1 Å². The maximum Gasteiger partial charge on any atom is 0.259 e. The number of rotatable bonds is 6. The van der Waals surface area contributed by atoms with E-state index in [0.29, 0.717) is 27.5 Å². The van der Waals surface area contributed by atoms with Gasteiger partial charge in [0.2, 0.25) is 0 Å². The highest BCUT2D eigenvalue weighted by Gasteiger charge is 2.27. The molecule has 4 rings (SSSR count). The molecule has 0 atom stereocenters. The summed E-state index contributed by atoms with van der Waals surface area (Å²) in [6.45, 7) is 0.427. The molecule has 0 unspecified atom stereocenters. The first-order chi connectivity index (χ1) is 16.2. The number of hydrogen-bond acceptors (Lipinski definition) is 6. The smallest absolute Gasteiger partial charge is 0.259 e. The van der Waals surface area contributed by atoms with Crippen LogP contribution in [-0.4, -0.2) is 44.2 Å². The first kappa shape index (κ1) is 24.2. The molecule has 0 bridgehead atoms. The van der Waals surface area contributed by atoms with Gasteiger partial charge in [0.05, 0.1) is 29.4 Å². The second-order valence-corrected chi connectivity index (χ2v) is 10.1. The second kappa shape index (κ2) is 10.1. The summed E-state index contributed by atoms with van der Waals surface area (Å²) < 4.78 is 30.6. The first-order valence-corrected chi connectivity index (χ1v) is 12.5. The highest BCUT2D eigenvalue weighted by atomic mass is 35.5. The molecule has 0 aliphatic carbocycles. The Bertz CT molecular complexity index is 1350. The van der Waals surface area contributed by atoms with Gasteiger partial charge in [-0.15, -0.1) is 0 Å². The molecule has 1 saturated heterocycles. The number of benzene rings is 2. The Morgan fingerprint density at radius 2 is 1.91 bits per heavy atom. The number of amides is 1. The van der Waals surface area contributed by atoms with Crippen LogP contribution in [0.2, 0.25) is 10.0 Å². The van der Waals surface area contributed by atoms with Gasteiger partial charge in [-0.1, -0.05) is 23.2 Å². The normalized spacial score (nSPS) is 15.1. The van der Waals surface area contributed by atoms with Crippen molar-refractivity contribution in [1.82, 2.24) is 4.98 Å². The van der Waals surface area contributed by atoms with Gasteiger partial charge in [0.15, 0.2) is 11.7 Å². The summed E-state index contributed by atoms with van der Waals surface area (Å²) >= 11 is 12.6. The van der Waals surface area contributed by atoms with Crippen LogP contribution in [0, 0.1) is 0 Å². The summed E-state index contributed by atoms with van der Waals surface area (Å²) in [5.74, 6) is -1.06. The second-order valence-electron chi connectivity index (χ2n) is 7.48. The predicted octanol–water partition coefficient (Wildman–Crippen LogP) is 4.19. The van der Waals surface area contributed by atoms with Gasteiger partial charge >= 0.3 is 0 Å². The Labute approximate surface area is 206 Å². The van der Waals surface area contributed by atoms with Crippen LogP contribution in [0.1, 0.15) is 26.3 Å². The number of ether oxygens (including phenoxy) is 1. The third-order valence-electron chi connectivity index (χ3n) is 5.13. The molecule has 3 aromatic rings. The minimum Gasteiger partial charge on any atom is -0.362 e. The maximum absolute atomic E-state index is 12.8. The SMILES string of the molecule is O=C(Cc1cc(NC(=O)c2ccc(N3CCOCS3(=O)=O)cc2Cl)ccc1Cl)c1cccnc1. The predicted molar refractivity (Wildman–Crippen MR) is 130 cm³/mol. The van der Waals surface area contributed by atoms with Gasteiger partial charge < -0.3 is 10.1 Å². The molecule has 2 heterocycles. The van der Waals surface area contributed by atoms with Gasteiger partial charge in [0.25, 0.3) is 15.9 Å². The lowest BCUT2D eigenvalue weighted by Crippen LogP contribution is -2.41. The van der Waals surface area contributed by atoms with E-state index >= 15 is 0 Å². The van der Waals surface area contributed by atoms with E-state index in [9.17, 15) is 18.0 Å². The minimum absolute atomic E-state index is 0.0394. The average Bonchev–Trinajstić information content (AvgIpc) is 2.81. The molecule has 11 heteroatoms. The number of pyridine rings is 1. The van der Waals surface area contributed by atoms with Gasteiger partial charge in [0.1, 0.15) is 0 Å². The van der Waals surface area contributed by atoms with Crippen LogP contribution in [0.3, 0.4) is 0 Å². The van der Waals surface area contributed by atoms with Crippen molar-refractivity contribution < 1.29 is 22.7 Å². The third-order valence-corrected chi connectivity index (χ3v) is 7.34. The zero-order chi connectivity index (χ0) is 24.3. The Morgan fingerprint density at radius 3 is 2.62 bits per heavy atom. The average molecular weight is 520 g/mol. The number of hydrogen-bond donors (Lipinski definition) is 1. The molecule has 1 aromatic heterocycles. The number of ketones is 1. The Balaban J connectivity index is 1.50. The monoisotopic (exact) mass is 519 g/mol. The number of sulfonamides is 1. The van der Waals surface area contributed by atoms with Crippen molar-refractivity contribution in [3.05, 3.63) is 87.7 Å². The van der Waals surface area contributed by atoms with Crippen LogP contribution in [0.4, 0.5) is 11.4 Å². The maximum atomic E-state index is 12.8. The van der Waals surface area contributed by atoms with Gasteiger partial charge in [-0.3, -0.25) is 18.9 Å². The number of halogens is 2. The van der Waals surface area contributed by atoms with Crippen molar-refractivity contribution >= 4 is 56.3 Å². The molecule has 2 aromatic carbocycles. The van der Waals surface area contributed by atoms with E-state index < -0.39 is 21.9 Å². The summed E-state index contributed by atoms with van der Waals surface area (Å²) in [5, 5.41) is 3.23. The van der Waals surface area contributed by atoms with E-state index in [4.69, 9.17) is 27.9 Å². The quantitative estimate of drug-likeness (QED) is 0.489. The summed E-state index contributed by atoms with van der Waals surface area (Å²) in [7, 11) is -3.61. The Hall–Kier alpha value is -2.98. The molecule has 1 aliphatic rings. The van der Waals surface area contributed by atoms with E-state index in [1.54, 1.807) is 36.5 Å². The topological polar surface area (TPSA) is 106 Å². The van der Waals surface area contributed by atoms with E-state index in [2.05, 4.69) is 10.3 Å². The number of nitrogens with zero attached hydrogens (tertiary/aromatic N) is 2. The van der Waals surface area contributed by atoms with Crippen LogP contribution in [0.25, 0.3) is 0 Å². The Morgan fingerprint density at radius 1 is 1.09 bits per heavy atom. The largest absolute Gasteiger partial charge is 0.362 e. The van der Waals surface area contributed by atoms with Crippen molar-refractivity contribution in [2.75, 3.05) is 28.7 Å². The lowest BCUT2D eigenvalue weighted by Gasteiger charge is -2.28. The van der Waals surface area contributed by atoms with E-state index in [0.717, 1.165) is 0 Å². The molecule has 1 amide bonds. The minimum atomic E-state index is -3.61. The van der Waals surface area contributed by atoms with Crippen molar-refractivity contribution in [2.45, 2.75) is 6.42 Å². The van der Waals surface area contributed by atoms with Crippen molar-refractivity contribution in [3.8, 4) is 0 Å². The highest BCUT2D eigenvalue weighted by Crippen LogP contribution is 2.28. The van der Waals surface area contributed by atoms with Gasteiger partial charge in [-0.25, -0.2) is 8.42 Å². The summed E-state index contributed by atoms with van der Waals surface area (Å²) in [6.07, 6.45) is 3.10. The van der Waals surface area contributed by atoms with Crippen LogP contribution < -0.4 is 9.62 Å². The van der Waals surface area contributed by atoms with Gasteiger partial charge in [-0.05, 0) is 54.1 Å². The summed E-state index contributed by atoms with van der Waals surface area (Å²) in [5.41, 5.74) is 1.96. The van der Waals surface area contributed by atoms with Crippen LogP contribution >= 0.6 is 23.2 Å². The standard InChI is InChI=1S/C23H19Cl2N3O5S/c24-20-6-3-17(10-16(20)11-22(29)15-2-1-7-26-13-15)27-23(30)19-5-4-18(12-21(19)25)28-8-9-33-14-34(28,31)32/h1-7,10,12-13H,8-9,11,14H2,(H,27,30). The van der Waals surface area contributed by atoms with Crippen molar-refractivity contribution in [3.63, 3.8) is 0 Å². The van der Waals surface area contributed by atoms with E-state index in [1.807, 2.05) is 0 Å². The molecule has 0 saturated carbocycles. The number of carbonyl (C=O) groups is 2. The molecular weight excluding hydrogens is 501 g/mol. The zero-order valence-corrected chi connectivity index (χ0v) is 20.0. The van der Waals surface area contributed by atoms with E-state index in [1.165, 1.54) is 28.7 Å². The fourth-order valence-electron chi connectivity index (χ4n) is 3.44. The third kappa shape index (κ3) is 5.39. The fraction of sp³-hybridized carbons (Fsp3) is 0.174. The molecule has 8 nitrogen and oxygen atoms in total. The fourth-order valence-corrected chi connectivity index (χ4v) is 5.12. The molecular formula is C23H19Cl2N3O5S. The van der Waals surface area contributed by atoms with E-state index in [-0.39, 0.29) is 35.9 Å². The number of nitrogens with one attached hydrogen (secondary N) is 1. The van der Waals surface area contributed by atoms with Crippen molar-refractivity contribution in [1.29, 1.82) is 0 Å². The first-order valence-electron chi connectivity index (χ1n) is 10.2. The highest BCUT2D eigenvalue weighted by molar-refractivity contribution is 7.92. The van der Waals surface area contributed by atoms with Crippen LogP contribution in [0.15, 0.2) is 60.9 Å². The van der Waals surface area contributed by atoms with Gasteiger partial charge in [-0.2, -0.15) is 0 Å². The molecule has 1 aliphatic heterocycles. The number of anilines is 2. The number of carbonyl (C=O) groups excluding carboxylic acids is 2. The summed E-state index contributed by atoms with van der Waals surface area (Å²) in [6, 6.07) is 12.6. The molecule has 176 valence electrons. The zero-order valence-electron chi connectivity index (χ0n) is 17.7. The molecule has 1 N–H and O–H groups in total. The number of aromatic nitrogens is 1. The molecule has 34 heavy (non-hydrogen) atoms. The van der Waals surface area contributed by atoms with Crippen LogP contribution in [0.5, 0.6) is 0 Å². The molecule has 1 fully saturated rings.